The van der Waals surface area contributed by atoms with Crippen molar-refractivity contribution < 1.29 is 9.90 Å². The van der Waals surface area contributed by atoms with Crippen LogP contribution in [0.25, 0.3) is 0 Å². The van der Waals surface area contributed by atoms with Gasteiger partial charge in [-0.3, -0.25) is 14.6 Å². The largest absolute Gasteiger partial charge is 0.481 e. The highest BCUT2D eigenvalue weighted by molar-refractivity contribution is 5.73. The van der Waals surface area contributed by atoms with E-state index in [0.29, 0.717) is 6.04 Å². The van der Waals surface area contributed by atoms with Crippen molar-refractivity contribution >= 4 is 5.97 Å². The normalized spacial score (nSPS) is 28.6. The molecule has 2 heterocycles. The molecule has 20 heavy (non-hydrogen) atoms. The summed E-state index contributed by atoms with van der Waals surface area (Å²) in [6, 6.07) is 1.43. The van der Waals surface area contributed by atoms with Crippen molar-refractivity contribution in [3.63, 3.8) is 0 Å². The lowest BCUT2D eigenvalue weighted by atomic mass is 9.87. The van der Waals surface area contributed by atoms with E-state index in [0.717, 1.165) is 31.8 Å². The molecular weight excluding hydrogens is 252 g/mol. The van der Waals surface area contributed by atoms with Gasteiger partial charge in [-0.1, -0.05) is 6.42 Å². The Hall–Kier alpha value is -0.610. The van der Waals surface area contributed by atoms with Crippen LogP contribution >= 0.6 is 0 Å². The lowest BCUT2D eigenvalue weighted by Crippen LogP contribution is -2.55. The first-order valence-corrected chi connectivity index (χ1v) is 8.11. The molecule has 0 spiro atoms. The highest BCUT2D eigenvalue weighted by atomic mass is 16.4. The minimum Gasteiger partial charge on any atom is -0.481 e. The minimum absolute atomic E-state index is 0.574. The topological polar surface area (TPSA) is 43.8 Å². The molecule has 2 rings (SSSR count). The SMILES string of the molecule is CC1CN2CCCC2CN1CCCCC(C)(C)C(=O)O. The van der Waals surface area contributed by atoms with Gasteiger partial charge in [-0.05, 0) is 59.5 Å². The standard InChI is InChI=1S/C16H30N2O2/c1-13-11-18-10-6-7-14(18)12-17(13)9-5-4-8-16(2,3)15(19)20/h13-14H,4-12H2,1-3H3,(H,19,20). The predicted octanol–water partition coefficient (Wildman–Crippen LogP) is 2.44. The fourth-order valence-corrected chi connectivity index (χ4v) is 3.55. The van der Waals surface area contributed by atoms with Gasteiger partial charge in [-0.2, -0.15) is 0 Å². The van der Waals surface area contributed by atoms with E-state index in [1.54, 1.807) is 0 Å². The summed E-state index contributed by atoms with van der Waals surface area (Å²) in [5.41, 5.74) is -0.574. The Morgan fingerprint density at radius 2 is 2.05 bits per heavy atom. The van der Waals surface area contributed by atoms with E-state index < -0.39 is 11.4 Å². The first-order chi connectivity index (χ1) is 9.40. The molecule has 0 aromatic carbocycles. The Morgan fingerprint density at radius 3 is 2.75 bits per heavy atom. The molecule has 1 N–H and O–H groups in total. The molecule has 0 amide bonds. The summed E-state index contributed by atoms with van der Waals surface area (Å²) >= 11 is 0. The number of rotatable bonds is 6. The first kappa shape index (κ1) is 15.8. The number of fused-ring (bicyclic) bond motifs is 1. The van der Waals surface area contributed by atoms with Crippen LogP contribution < -0.4 is 0 Å². The maximum Gasteiger partial charge on any atom is 0.309 e. The molecule has 2 atom stereocenters. The summed E-state index contributed by atoms with van der Waals surface area (Å²) in [7, 11) is 0. The molecule has 0 saturated carbocycles. The van der Waals surface area contributed by atoms with E-state index in [1.807, 2.05) is 13.8 Å². The number of carbonyl (C=O) groups is 1. The Morgan fingerprint density at radius 1 is 1.30 bits per heavy atom. The average molecular weight is 282 g/mol. The molecule has 2 aliphatic rings. The van der Waals surface area contributed by atoms with Crippen LogP contribution in [0, 0.1) is 5.41 Å². The van der Waals surface area contributed by atoms with Crippen LogP contribution in [0.15, 0.2) is 0 Å². The summed E-state index contributed by atoms with van der Waals surface area (Å²) < 4.78 is 0. The number of aliphatic carboxylic acids is 1. The van der Waals surface area contributed by atoms with Crippen LogP contribution in [0.4, 0.5) is 0 Å². The zero-order valence-electron chi connectivity index (χ0n) is 13.3. The Balaban J connectivity index is 1.70. The predicted molar refractivity (Wildman–Crippen MR) is 80.9 cm³/mol. The zero-order chi connectivity index (χ0) is 14.8. The number of carboxylic acids is 1. The van der Waals surface area contributed by atoms with Gasteiger partial charge in [0.1, 0.15) is 0 Å². The monoisotopic (exact) mass is 282 g/mol. The van der Waals surface area contributed by atoms with Crippen molar-refractivity contribution in [2.24, 2.45) is 5.41 Å². The van der Waals surface area contributed by atoms with E-state index in [9.17, 15) is 4.79 Å². The average Bonchev–Trinajstić information content (AvgIpc) is 2.81. The molecule has 0 radical (unpaired) electrons. The zero-order valence-corrected chi connectivity index (χ0v) is 13.3. The molecule has 0 aromatic heterocycles. The molecule has 2 saturated heterocycles. The van der Waals surface area contributed by atoms with Gasteiger partial charge in [0.25, 0.3) is 0 Å². The van der Waals surface area contributed by atoms with Crippen LogP contribution in [-0.2, 0) is 4.79 Å². The van der Waals surface area contributed by atoms with E-state index >= 15 is 0 Å². The molecule has 116 valence electrons. The molecule has 2 fully saturated rings. The van der Waals surface area contributed by atoms with E-state index in [2.05, 4.69) is 16.7 Å². The van der Waals surface area contributed by atoms with Crippen molar-refractivity contribution in [2.45, 2.75) is 65.0 Å². The van der Waals surface area contributed by atoms with Gasteiger partial charge in [0.2, 0.25) is 0 Å². The molecular formula is C16H30N2O2. The van der Waals surface area contributed by atoms with Crippen molar-refractivity contribution in [2.75, 3.05) is 26.2 Å². The second-order valence-electron chi connectivity index (χ2n) is 7.28. The Labute approximate surface area is 123 Å². The summed E-state index contributed by atoms with van der Waals surface area (Å²) in [5.74, 6) is -0.676. The van der Waals surface area contributed by atoms with Crippen LogP contribution in [0.3, 0.4) is 0 Å². The fourth-order valence-electron chi connectivity index (χ4n) is 3.55. The number of piperazine rings is 1. The van der Waals surface area contributed by atoms with E-state index in [1.165, 1.54) is 32.5 Å². The van der Waals surface area contributed by atoms with Gasteiger partial charge in [0, 0.05) is 25.2 Å². The van der Waals surface area contributed by atoms with Crippen LogP contribution in [0.1, 0.15) is 52.9 Å². The van der Waals surface area contributed by atoms with Gasteiger partial charge in [-0.15, -0.1) is 0 Å². The van der Waals surface area contributed by atoms with Gasteiger partial charge in [0.05, 0.1) is 5.41 Å². The number of hydrogen-bond donors (Lipinski definition) is 1. The summed E-state index contributed by atoms with van der Waals surface area (Å²) in [4.78, 5) is 16.3. The van der Waals surface area contributed by atoms with Gasteiger partial charge < -0.3 is 5.11 Å². The summed E-state index contributed by atoms with van der Waals surface area (Å²) in [5, 5.41) is 9.12. The van der Waals surface area contributed by atoms with Gasteiger partial charge >= 0.3 is 5.97 Å². The van der Waals surface area contributed by atoms with E-state index in [-0.39, 0.29) is 0 Å². The Bertz CT molecular complexity index is 343. The smallest absolute Gasteiger partial charge is 0.309 e. The number of hydrogen-bond acceptors (Lipinski definition) is 3. The Kier molecular flexibility index (Phi) is 5.08. The van der Waals surface area contributed by atoms with Crippen LogP contribution in [0.2, 0.25) is 0 Å². The lowest BCUT2D eigenvalue weighted by molar-refractivity contribution is -0.147. The highest BCUT2D eigenvalue weighted by Gasteiger charge is 2.34. The first-order valence-electron chi connectivity index (χ1n) is 8.11. The van der Waals surface area contributed by atoms with Gasteiger partial charge in [0.15, 0.2) is 0 Å². The molecule has 4 nitrogen and oxygen atoms in total. The third-order valence-electron chi connectivity index (χ3n) is 5.14. The number of unbranched alkanes of at least 4 members (excludes halogenated alkanes) is 1. The van der Waals surface area contributed by atoms with Crippen molar-refractivity contribution in [1.29, 1.82) is 0 Å². The second kappa shape index (κ2) is 6.44. The highest BCUT2D eigenvalue weighted by Crippen LogP contribution is 2.26. The third kappa shape index (κ3) is 3.73. The molecule has 2 unspecified atom stereocenters. The maximum atomic E-state index is 11.1. The quantitative estimate of drug-likeness (QED) is 0.760. The van der Waals surface area contributed by atoms with Crippen molar-refractivity contribution in [1.82, 2.24) is 9.80 Å². The molecule has 2 aliphatic heterocycles. The molecule has 4 heteroatoms. The lowest BCUT2D eigenvalue weighted by Gasteiger charge is -2.42. The second-order valence-corrected chi connectivity index (χ2v) is 7.28. The molecule has 0 aromatic rings. The van der Waals surface area contributed by atoms with Gasteiger partial charge in [-0.25, -0.2) is 0 Å². The molecule has 0 bridgehead atoms. The maximum absolute atomic E-state index is 11.1. The van der Waals surface area contributed by atoms with E-state index in [4.69, 9.17) is 5.11 Å². The van der Waals surface area contributed by atoms with Crippen molar-refractivity contribution in [3.05, 3.63) is 0 Å². The summed E-state index contributed by atoms with van der Waals surface area (Å²) in [6.45, 7) is 10.8. The minimum atomic E-state index is -0.676. The van der Waals surface area contributed by atoms with Crippen molar-refractivity contribution in [3.8, 4) is 0 Å². The van der Waals surface area contributed by atoms with Crippen LogP contribution in [-0.4, -0.2) is 59.1 Å². The molecule has 0 aliphatic carbocycles. The summed E-state index contributed by atoms with van der Waals surface area (Å²) in [6.07, 6.45) is 5.62. The number of carboxylic acid groups (broad SMARTS) is 1. The number of nitrogens with zero attached hydrogens (tertiary/aromatic N) is 2. The van der Waals surface area contributed by atoms with Crippen LogP contribution in [0.5, 0.6) is 0 Å². The fraction of sp³-hybridized carbons (Fsp3) is 0.938. The third-order valence-corrected chi connectivity index (χ3v) is 5.14.